The van der Waals surface area contributed by atoms with Crippen LogP contribution in [0, 0.1) is 5.82 Å². The van der Waals surface area contributed by atoms with E-state index in [1.54, 1.807) is 12.1 Å². The van der Waals surface area contributed by atoms with Crippen molar-refractivity contribution in [3.8, 4) is 11.4 Å². The molecule has 0 radical (unpaired) electrons. The van der Waals surface area contributed by atoms with Crippen LogP contribution in [0.3, 0.4) is 0 Å². The molecule has 218 valence electrons. The van der Waals surface area contributed by atoms with Crippen molar-refractivity contribution in [3.05, 3.63) is 176 Å². The lowest BCUT2D eigenvalue weighted by Gasteiger charge is -2.28. The summed E-state index contributed by atoms with van der Waals surface area (Å²) in [4.78, 5) is 2.23. The predicted octanol–water partition coefficient (Wildman–Crippen LogP) is 11.5. The summed E-state index contributed by atoms with van der Waals surface area (Å²) in [6.45, 7) is 0. The van der Waals surface area contributed by atoms with E-state index in [0.29, 0.717) is 0 Å². The third-order valence-corrected chi connectivity index (χ3v) is 8.92. The fourth-order valence-corrected chi connectivity index (χ4v) is 7.08. The maximum atomic E-state index is 15.2. The van der Waals surface area contributed by atoms with Crippen LogP contribution in [0.1, 0.15) is 0 Å². The van der Waals surface area contributed by atoms with Gasteiger partial charge in [0.1, 0.15) is 5.82 Å². The average molecular weight is 594 g/mol. The van der Waals surface area contributed by atoms with Crippen molar-refractivity contribution in [2.45, 2.75) is 0 Å². The van der Waals surface area contributed by atoms with E-state index in [4.69, 9.17) is 0 Å². The summed E-state index contributed by atoms with van der Waals surface area (Å²) >= 11 is 0. The summed E-state index contributed by atoms with van der Waals surface area (Å²) in [6, 6.07) is 57.8. The maximum Gasteiger partial charge on any atom is 0.125 e. The molecule has 9 rings (SSSR count). The van der Waals surface area contributed by atoms with Crippen molar-refractivity contribution in [2.75, 3.05) is 4.90 Å². The molecular formula is C42H28FN3. The minimum absolute atomic E-state index is 0.283. The highest BCUT2D eigenvalue weighted by Crippen LogP contribution is 2.47. The third-order valence-electron chi connectivity index (χ3n) is 8.92. The first-order valence-corrected chi connectivity index (χ1v) is 15.5. The molecule has 0 unspecified atom stereocenters. The molecule has 0 spiro atoms. The number of fused-ring (bicyclic) bond motifs is 6. The first-order valence-electron chi connectivity index (χ1n) is 15.5. The van der Waals surface area contributed by atoms with E-state index in [9.17, 15) is 0 Å². The molecule has 0 saturated heterocycles. The largest absolute Gasteiger partial charge is 0.307 e. The van der Waals surface area contributed by atoms with Gasteiger partial charge in [-0.15, -0.1) is 0 Å². The Kier molecular flexibility index (Phi) is 6.00. The van der Waals surface area contributed by atoms with E-state index in [-0.39, 0.29) is 5.82 Å². The Morgan fingerprint density at radius 1 is 0.391 bits per heavy atom. The van der Waals surface area contributed by atoms with Gasteiger partial charge in [-0.05, 0) is 66.7 Å². The Labute approximate surface area is 265 Å². The summed E-state index contributed by atoms with van der Waals surface area (Å²) in [5.74, 6) is -0.283. The molecule has 0 fully saturated rings. The maximum absolute atomic E-state index is 15.2. The lowest BCUT2D eigenvalue weighted by Crippen LogP contribution is -2.13. The monoisotopic (exact) mass is 593 g/mol. The molecule has 0 aliphatic carbocycles. The molecule has 2 aromatic heterocycles. The summed E-state index contributed by atoms with van der Waals surface area (Å²) in [7, 11) is 0. The van der Waals surface area contributed by atoms with Gasteiger partial charge >= 0.3 is 0 Å². The van der Waals surface area contributed by atoms with E-state index in [2.05, 4.69) is 147 Å². The standard InChI is InChI=1S/C42H28FN3/c43-29-14-11-19-32(28-29)44(39-26-12-22-35-33-20-7-9-24-37(33)45(41(35)39)30-15-3-1-4-16-30)40-27-13-23-36-34-21-8-10-25-38(34)46(42(36)40)31-17-5-2-6-18-31/h1-28H. The molecule has 0 bridgehead atoms. The van der Waals surface area contributed by atoms with Gasteiger partial charge in [-0.25, -0.2) is 4.39 Å². The van der Waals surface area contributed by atoms with E-state index in [1.807, 2.05) is 18.2 Å². The lowest BCUT2D eigenvalue weighted by molar-refractivity contribution is 0.628. The smallest absolute Gasteiger partial charge is 0.125 e. The van der Waals surface area contributed by atoms with Crippen molar-refractivity contribution in [3.63, 3.8) is 0 Å². The minimum Gasteiger partial charge on any atom is -0.307 e. The number of rotatable bonds is 5. The Morgan fingerprint density at radius 3 is 1.33 bits per heavy atom. The average Bonchev–Trinajstić information content (AvgIpc) is 3.64. The Hall–Kier alpha value is -6.13. The van der Waals surface area contributed by atoms with Crippen LogP contribution in [0.5, 0.6) is 0 Å². The van der Waals surface area contributed by atoms with Crippen molar-refractivity contribution < 1.29 is 4.39 Å². The van der Waals surface area contributed by atoms with Gasteiger partial charge in [-0.1, -0.05) is 103 Å². The number of hydrogen-bond donors (Lipinski definition) is 0. The molecule has 0 N–H and O–H groups in total. The van der Waals surface area contributed by atoms with Crippen LogP contribution in [0.25, 0.3) is 55.0 Å². The van der Waals surface area contributed by atoms with Crippen molar-refractivity contribution in [1.29, 1.82) is 0 Å². The second-order valence-corrected chi connectivity index (χ2v) is 11.5. The van der Waals surface area contributed by atoms with E-state index in [1.165, 1.54) is 16.8 Å². The van der Waals surface area contributed by atoms with Gasteiger partial charge in [0.15, 0.2) is 0 Å². The summed E-state index contributed by atoms with van der Waals surface area (Å²) in [6.07, 6.45) is 0. The number of para-hydroxylation sites is 6. The van der Waals surface area contributed by atoms with Gasteiger partial charge in [0.25, 0.3) is 0 Å². The molecular weight excluding hydrogens is 565 g/mol. The Morgan fingerprint density at radius 2 is 0.826 bits per heavy atom. The number of aromatic nitrogens is 2. The van der Waals surface area contributed by atoms with E-state index in [0.717, 1.165) is 61.3 Å². The Balaban J connectivity index is 1.46. The molecule has 0 saturated carbocycles. The minimum atomic E-state index is -0.283. The number of nitrogens with zero attached hydrogens (tertiary/aromatic N) is 3. The molecule has 0 atom stereocenters. The highest BCUT2D eigenvalue weighted by atomic mass is 19.1. The Bertz CT molecular complexity index is 2390. The zero-order chi connectivity index (χ0) is 30.6. The van der Waals surface area contributed by atoms with Gasteiger partial charge in [0, 0.05) is 38.6 Å². The van der Waals surface area contributed by atoms with Gasteiger partial charge in [-0.2, -0.15) is 0 Å². The molecule has 0 amide bonds. The molecule has 2 heterocycles. The number of halogens is 1. The van der Waals surface area contributed by atoms with Crippen LogP contribution < -0.4 is 4.90 Å². The second kappa shape index (κ2) is 10.5. The molecule has 4 heteroatoms. The molecule has 0 aliphatic heterocycles. The summed E-state index contributed by atoms with van der Waals surface area (Å²) in [5.41, 5.74) is 9.14. The van der Waals surface area contributed by atoms with Gasteiger partial charge in [0.2, 0.25) is 0 Å². The summed E-state index contributed by atoms with van der Waals surface area (Å²) < 4.78 is 19.8. The van der Waals surface area contributed by atoms with Gasteiger partial charge in [-0.3, -0.25) is 0 Å². The number of anilines is 3. The van der Waals surface area contributed by atoms with Crippen molar-refractivity contribution in [2.24, 2.45) is 0 Å². The third kappa shape index (κ3) is 3.97. The van der Waals surface area contributed by atoms with Crippen LogP contribution in [-0.4, -0.2) is 9.13 Å². The van der Waals surface area contributed by atoms with Crippen molar-refractivity contribution in [1.82, 2.24) is 9.13 Å². The fourth-order valence-electron chi connectivity index (χ4n) is 7.08. The second-order valence-electron chi connectivity index (χ2n) is 11.5. The molecule has 9 aromatic rings. The highest BCUT2D eigenvalue weighted by molar-refractivity contribution is 6.17. The van der Waals surface area contributed by atoms with Crippen LogP contribution in [0.4, 0.5) is 21.5 Å². The molecule has 0 aliphatic rings. The lowest BCUT2D eigenvalue weighted by atomic mass is 10.1. The van der Waals surface area contributed by atoms with Crippen molar-refractivity contribution >= 4 is 60.7 Å². The SMILES string of the molecule is Fc1cccc(N(c2cccc3c4ccccc4n(-c4ccccc4)c23)c2cccc3c4ccccc4n(-c4ccccc4)c23)c1. The topological polar surface area (TPSA) is 13.1 Å². The number of benzene rings is 7. The molecule has 3 nitrogen and oxygen atoms in total. The quantitative estimate of drug-likeness (QED) is 0.193. The summed E-state index contributed by atoms with van der Waals surface area (Å²) in [5, 5.41) is 4.60. The normalized spacial score (nSPS) is 11.6. The molecule has 46 heavy (non-hydrogen) atoms. The van der Waals surface area contributed by atoms with Gasteiger partial charge < -0.3 is 14.0 Å². The molecule has 7 aromatic carbocycles. The first kappa shape index (κ1) is 26.3. The van der Waals surface area contributed by atoms with E-state index >= 15 is 4.39 Å². The van der Waals surface area contributed by atoms with Crippen LogP contribution in [0.2, 0.25) is 0 Å². The number of hydrogen-bond acceptors (Lipinski definition) is 1. The van der Waals surface area contributed by atoms with Crippen LogP contribution in [-0.2, 0) is 0 Å². The highest BCUT2D eigenvalue weighted by Gasteiger charge is 2.25. The fraction of sp³-hybridized carbons (Fsp3) is 0. The van der Waals surface area contributed by atoms with Gasteiger partial charge in [0.05, 0.1) is 33.4 Å². The van der Waals surface area contributed by atoms with E-state index < -0.39 is 0 Å². The first-order chi connectivity index (χ1) is 22.8. The zero-order valence-corrected chi connectivity index (χ0v) is 24.9. The zero-order valence-electron chi connectivity index (χ0n) is 24.9. The van der Waals surface area contributed by atoms with Crippen LogP contribution >= 0.6 is 0 Å². The van der Waals surface area contributed by atoms with Crippen LogP contribution in [0.15, 0.2) is 170 Å². The predicted molar refractivity (Wildman–Crippen MR) is 190 cm³/mol.